The van der Waals surface area contributed by atoms with Crippen molar-refractivity contribution in [3.8, 4) is 0 Å². The average molecular weight is 282 g/mol. The molecule has 1 N–H and O–H groups in total. The second kappa shape index (κ2) is 7.07. The molecule has 0 aromatic heterocycles. The van der Waals surface area contributed by atoms with Crippen molar-refractivity contribution in [1.82, 2.24) is 10.2 Å². The Hall–Kier alpha value is -1.10. The quantitative estimate of drug-likeness (QED) is 0.683. The summed E-state index contributed by atoms with van der Waals surface area (Å²) in [4.78, 5) is 26.6. The highest BCUT2D eigenvalue weighted by Crippen LogP contribution is 2.37. The molecule has 5 heteroatoms. The largest absolute Gasteiger partial charge is 0.382 e. The molecular formula is C15H26N2O3. The Kier molecular flexibility index (Phi) is 5.40. The first-order valence-electron chi connectivity index (χ1n) is 7.87. The molecule has 114 valence electrons. The first-order valence-corrected chi connectivity index (χ1v) is 7.87. The summed E-state index contributed by atoms with van der Waals surface area (Å²) in [5.74, 6) is 0.510. The van der Waals surface area contributed by atoms with Crippen LogP contribution < -0.4 is 5.32 Å². The van der Waals surface area contributed by atoms with E-state index in [0.717, 1.165) is 32.1 Å². The number of piperazine rings is 1. The molecule has 0 spiro atoms. The summed E-state index contributed by atoms with van der Waals surface area (Å²) in [5, 5.41) is 2.91. The Morgan fingerprint density at radius 3 is 2.65 bits per heavy atom. The molecule has 0 aromatic carbocycles. The Labute approximate surface area is 121 Å². The van der Waals surface area contributed by atoms with Gasteiger partial charge in [0.25, 0.3) is 0 Å². The van der Waals surface area contributed by atoms with Crippen LogP contribution in [0.1, 0.15) is 46.0 Å². The van der Waals surface area contributed by atoms with E-state index in [0.29, 0.717) is 25.7 Å². The third kappa shape index (κ3) is 3.51. The number of amides is 2. The standard InChI is InChI=1S/C15H26N2O3/c1-3-6-12-15(19)17(9-5-10-20-4-2)13(11-7-8-11)14(18)16-12/h11-13H,3-10H2,1-2H3,(H,16,18). The van der Waals surface area contributed by atoms with Crippen LogP contribution in [0.25, 0.3) is 0 Å². The second-order valence-corrected chi connectivity index (χ2v) is 5.71. The van der Waals surface area contributed by atoms with Crippen LogP contribution in [0.4, 0.5) is 0 Å². The molecule has 2 rings (SSSR count). The van der Waals surface area contributed by atoms with E-state index in [4.69, 9.17) is 4.74 Å². The summed E-state index contributed by atoms with van der Waals surface area (Å²) in [6.07, 6.45) is 4.55. The summed E-state index contributed by atoms with van der Waals surface area (Å²) in [5.41, 5.74) is 0. The van der Waals surface area contributed by atoms with Crippen LogP contribution in [0.3, 0.4) is 0 Å². The van der Waals surface area contributed by atoms with Gasteiger partial charge in [-0.1, -0.05) is 13.3 Å². The first kappa shape index (κ1) is 15.3. The van der Waals surface area contributed by atoms with E-state index in [2.05, 4.69) is 5.32 Å². The van der Waals surface area contributed by atoms with Gasteiger partial charge in [-0.3, -0.25) is 9.59 Å². The lowest BCUT2D eigenvalue weighted by Gasteiger charge is -2.39. The third-order valence-electron chi connectivity index (χ3n) is 4.04. The van der Waals surface area contributed by atoms with Gasteiger partial charge < -0.3 is 15.0 Å². The Bertz CT molecular complexity index is 355. The number of rotatable bonds is 8. The van der Waals surface area contributed by atoms with E-state index < -0.39 is 0 Å². The zero-order chi connectivity index (χ0) is 14.5. The molecule has 0 bridgehead atoms. The van der Waals surface area contributed by atoms with Crippen molar-refractivity contribution in [2.75, 3.05) is 19.8 Å². The highest BCUT2D eigenvalue weighted by Gasteiger charge is 2.47. The van der Waals surface area contributed by atoms with E-state index in [1.165, 1.54) is 0 Å². The van der Waals surface area contributed by atoms with E-state index in [1.54, 1.807) is 0 Å². The fourth-order valence-corrected chi connectivity index (χ4v) is 2.89. The zero-order valence-corrected chi connectivity index (χ0v) is 12.6. The molecule has 1 saturated carbocycles. The summed E-state index contributed by atoms with van der Waals surface area (Å²) >= 11 is 0. The van der Waals surface area contributed by atoms with Crippen molar-refractivity contribution >= 4 is 11.8 Å². The van der Waals surface area contributed by atoms with Gasteiger partial charge in [-0.25, -0.2) is 0 Å². The fraction of sp³-hybridized carbons (Fsp3) is 0.867. The maximum absolute atomic E-state index is 12.5. The molecule has 1 saturated heterocycles. The highest BCUT2D eigenvalue weighted by molar-refractivity contribution is 5.97. The lowest BCUT2D eigenvalue weighted by atomic mass is 10.0. The molecule has 2 atom stereocenters. The minimum atomic E-state index is -0.324. The van der Waals surface area contributed by atoms with Crippen LogP contribution in [0.2, 0.25) is 0 Å². The van der Waals surface area contributed by atoms with Crippen molar-refractivity contribution in [3.63, 3.8) is 0 Å². The average Bonchev–Trinajstić information content (AvgIpc) is 3.24. The van der Waals surface area contributed by atoms with Gasteiger partial charge in [0, 0.05) is 19.8 Å². The minimum Gasteiger partial charge on any atom is -0.382 e. The first-order chi connectivity index (χ1) is 9.69. The SMILES string of the molecule is CCCC1NC(=O)C(C2CC2)N(CCCOCC)C1=O. The number of hydrogen-bond donors (Lipinski definition) is 1. The Morgan fingerprint density at radius 1 is 1.30 bits per heavy atom. The van der Waals surface area contributed by atoms with Gasteiger partial charge in [-0.15, -0.1) is 0 Å². The zero-order valence-electron chi connectivity index (χ0n) is 12.6. The molecule has 2 amide bonds. The van der Waals surface area contributed by atoms with Gasteiger partial charge in [0.1, 0.15) is 12.1 Å². The van der Waals surface area contributed by atoms with Crippen LogP contribution in [0, 0.1) is 5.92 Å². The van der Waals surface area contributed by atoms with Crippen LogP contribution in [-0.4, -0.2) is 48.6 Å². The fourth-order valence-electron chi connectivity index (χ4n) is 2.89. The summed E-state index contributed by atoms with van der Waals surface area (Å²) in [6, 6.07) is -0.563. The number of ether oxygens (including phenoxy) is 1. The van der Waals surface area contributed by atoms with Gasteiger partial charge in [0.05, 0.1) is 0 Å². The Balaban J connectivity index is 1.99. The van der Waals surface area contributed by atoms with E-state index in [9.17, 15) is 9.59 Å². The minimum absolute atomic E-state index is 0.0435. The van der Waals surface area contributed by atoms with Crippen LogP contribution in [0.5, 0.6) is 0 Å². The molecular weight excluding hydrogens is 256 g/mol. The van der Waals surface area contributed by atoms with Crippen molar-refractivity contribution in [3.05, 3.63) is 0 Å². The highest BCUT2D eigenvalue weighted by atomic mass is 16.5. The molecule has 5 nitrogen and oxygen atoms in total. The van der Waals surface area contributed by atoms with Crippen molar-refractivity contribution in [2.24, 2.45) is 5.92 Å². The molecule has 0 aromatic rings. The number of carbonyl (C=O) groups excluding carboxylic acids is 2. The van der Waals surface area contributed by atoms with Gasteiger partial charge in [-0.2, -0.15) is 0 Å². The van der Waals surface area contributed by atoms with Gasteiger partial charge in [0.2, 0.25) is 11.8 Å². The van der Waals surface area contributed by atoms with Crippen molar-refractivity contribution in [2.45, 2.75) is 58.0 Å². The van der Waals surface area contributed by atoms with Gasteiger partial charge in [0.15, 0.2) is 0 Å². The molecule has 0 radical (unpaired) electrons. The van der Waals surface area contributed by atoms with Crippen LogP contribution in [-0.2, 0) is 14.3 Å². The molecule has 2 fully saturated rings. The third-order valence-corrected chi connectivity index (χ3v) is 4.04. The predicted octanol–water partition coefficient (Wildman–Crippen LogP) is 1.32. The number of hydrogen-bond acceptors (Lipinski definition) is 3. The van der Waals surface area contributed by atoms with Gasteiger partial charge in [-0.05, 0) is 38.5 Å². The van der Waals surface area contributed by atoms with E-state index >= 15 is 0 Å². The van der Waals surface area contributed by atoms with Crippen molar-refractivity contribution in [1.29, 1.82) is 0 Å². The van der Waals surface area contributed by atoms with Crippen molar-refractivity contribution < 1.29 is 14.3 Å². The van der Waals surface area contributed by atoms with E-state index in [1.807, 2.05) is 18.7 Å². The lowest BCUT2D eigenvalue weighted by Crippen LogP contribution is -2.64. The molecule has 2 aliphatic rings. The Morgan fingerprint density at radius 2 is 2.05 bits per heavy atom. The second-order valence-electron chi connectivity index (χ2n) is 5.71. The monoisotopic (exact) mass is 282 g/mol. The van der Waals surface area contributed by atoms with Crippen LogP contribution >= 0.6 is 0 Å². The lowest BCUT2D eigenvalue weighted by molar-refractivity contribution is -0.150. The number of nitrogens with one attached hydrogen (secondary N) is 1. The molecule has 1 aliphatic carbocycles. The topological polar surface area (TPSA) is 58.6 Å². The smallest absolute Gasteiger partial charge is 0.245 e. The number of nitrogens with zero attached hydrogens (tertiary/aromatic N) is 1. The summed E-state index contributed by atoms with van der Waals surface area (Å²) in [7, 11) is 0. The maximum atomic E-state index is 12.5. The molecule has 1 heterocycles. The molecule has 1 aliphatic heterocycles. The maximum Gasteiger partial charge on any atom is 0.245 e. The predicted molar refractivity (Wildman–Crippen MR) is 76.2 cm³/mol. The van der Waals surface area contributed by atoms with Crippen LogP contribution in [0.15, 0.2) is 0 Å². The van der Waals surface area contributed by atoms with Gasteiger partial charge >= 0.3 is 0 Å². The molecule has 20 heavy (non-hydrogen) atoms. The number of carbonyl (C=O) groups is 2. The summed E-state index contributed by atoms with van der Waals surface area (Å²) < 4.78 is 5.33. The van der Waals surface area contributed by atoms with E-state index in [-0.39, 0.29) is 23.9 Å². The summed E-state index contributed by atoms with van der Waals surface area (Å²) in [6.45, 7) is 5.97. The normalized spacial score (nSPS) is 26.8. The molecule has 2 unspecified atom stereocenters.